The fraction of sp³-hybridized carbons (Fsp3) is 0. The lowest BCUT2D eigenvalue weighted by molar-refractivity contribution is 0.0958. The molecule has 21 heavy (non-hydrogen) atoms. The van der Waals surface area contributed by atoms with E-state index >= 15 is 0 Å². The Morgan fingerprint density at radius 2 is 2.14 bits per heavy atom. The summed E-state index contributed by atoms with van der Waals surface area (Å²) in [5, 5.41) is 0. The highest BCUT2D eigenvalue weighted by molar-refractivity contribution is 9.10. The third-order valence-corrected chi connectivity index (χ3v) is 3.18. The molecule has 0 aliphatic rings. The lowest BCUT2D eigenvalue weighted by atomic mass is 10.2. The van der Waals surface area contributed by atoms with Crippen LogP contribution in [-0.2, 0) is 0 Å². The van der Waals surface area contributed by atoms with Gasteiger partial charge in [0.15, 0.2) is 11.5 Å². The summed E-state index contributed by atoms with van der Waals surface area (Å²) in [7, 11) is 0. The van der Waals surface area contributed by atoms with Crippen LogP contribution >= 0.6 is 15.9 Å². The van der Waals surface area contributed by atoms with Crippen LogP contribution < -0.4 is 10.9 Å². The van der Waals surface area contributed by atoms with Gasteiger partial charge in [-0.2, -0.15) is 0 Å². The van der Waals surface area contributed by atoms with Gasteiger partial charge in [0, 0.05) is 4.47 Å². The molecule has 3 N–H and O–H groups in total. The second-order valence-corrected chi connectivity index (χ2v) is 4.94. The Morgan fingerprint density at radius 3 is 3.00 bits per heavy atom. The van der Waals surface area contributed by atoms with Crippen molar-refractivity contribution in [1.29, 1.82) is 0 Å². The van der Waals surface area contributed by atoms with Crippen LogP contribution in [0, 0.1) is 5.82 Å². The predicted octanol–water partition coefficient (Wildman–Crippen LogP) is 2.01. The first-order chi connectivity index (χ1) is 10.1. The van der Waals surface area contributed by atoms with Gasteiger partial charge in [0.05, 0.1) is 11.9 Å². The molecule has 0 radical (unpaired) electrons. The second kappa shape index (κ2) is 5.44. The number of anilines is 1. The first-order valence-electron chi connectivity index (χ1n) is 5.80. The van der Waals surface area contributed by atoms with Crippen molar-refractivity contribution < 1.29 is 9.18 Å². The number of carbonyl (C=O) groups excluding carboxylic acids is 1. The topological polar surface area (TPSA) is 95.6 Å². The van der Waals surface area contributed by atoms with Gasteiger partial charge in [0.2, 0.25) is 0 Å². The Hall–Kier alpha value is -2.55. The fourth-order valence-corrected chi connectivity index (χ4v) is 2.08. The molecule has 2 heterocycles. The lowest BCUT2D eigenvalue weighted by Gasteiger charge is -2.08. The smallest absolute Gasteiger partial charge is 0.272 e. The number of carbonyl (C=O) groups is 1. The molecule has 0 unspecified atom stereocenters. The first-order valence-corrected chi connectivity index (χ1v) is 6.60. The van der Waals surface area contributed by atoms with Gasteiger partial charge in [-0.05, 0) is 18.2 Å². The maximum atomic E-state index is 13.6. The maximum absolute atomic E-state index is 13.6. The third kappa shape index (κ3) is 2.68. The zero-order chi connectivity index (χ0) is 14.8. The molecule has 0 fully saturated rings. The van der Waals surface area contributed by atoms with Gasteiger partial charge in [-0.1, -0.05) is 15.9 Å². The number of hydrogen-bond acceptors (Lipinski definition) is 5. The molecule has 0 saturated carbocycles. The molecule has 0 spiro atoms. The van der Waals surface area contributed by atoms with Crippen LogP contribution in [0.3, 0.4) is 0 Å². The molecular formula is C12H8BrFN6O. The van der Waals surface area contributed by atoms with E-state index in [4.69, 9.17) is 0 Å². The summed E-state index contributed by atoms with van der Waals surface area (Å²) < 4.78 is 14.2. The van der Waals surface area contributed by atoms with Gasteiger partial charge < -0.3 is 4.98 Å². The minimum Gasteiger partial charge on any atom is -0.340 e. The Kier molecular flexibility index (Phi) is 3.48. The van der Waals surface area contributed by atoms with E-state index in [0.29, 0.717) is 21.5 Å². The average Bonchev–Trinajstić information content (AvgIpc) is 2.96. The van der Waals surface area contributed by atoms with E-state index < -0.39 is 11.7 Å². The number of hydrazine groups is 1. The summed E-state index contributed by atoms with van der Waals surface area (Å²) >= 11 is 3.19. The number of aromatic nitrogens is 4. The van der Waals surface area contributed by atoms with E-state index in [1.807, 2.05) is 0 Å². The van der Waals surface area contributed by atoms with E-state index in [1.165, 1.54) is 30.9 Å². The van der Waals surface area contributed by atoms with Crippen molar-refractivity contribution in [3.8, 4) is 0 Å². The number of fused-ring (bicyclic) bond motifs is 1. The molecule has 1 amide bonds. The van der Waals surface area contributed by atoms with Gasteiger partial charge in [0.1, 0.15) is 17.7 Å². The molecule has 1 aromatic carbocycles. The van der Waals surface area contributed by atoms with Crippen molar-refractivity contribution in [3.63, 3.8) is 0 Å². The summed E-state index contributed by atoms with van der Waals surface area (Å²) in [6, 6.07) is 4.10. The largest absolute Gasteiger partial charge is 0.340 e. The zero-order valence-corrected chi connectivity index (χ0v) is 12.0. The molecule has 0 saturated heterocycles. The van der Waals surface area contributed by atoms with E-state index in [2.05, 4.69) is 46.7 Å². The van der Waals surface area contributed by atoms with Crippen LogP contribution in [0.15, 0.2) is 35.3 Å². The minimum absolute atomic E-state index is 0.0909. The molecule has 0 atom stereocenters. The van der Waals surface area contributed by atoms with E-state index in [-0.39, 0.29) is 5.56 Å². The van der Waals surface area contributed by atoms with Gasteiger partial charge in [0.25, 0.3) is 5.91 Å². The van der Waals surface area contributed by atoms with Gasteiger partial charge in [-0.3, -0.25) is 15.6 Å². The molecule has 2 aromatic heterocycles. The quantitative estimate of drug-likeness (QED) is 0.628. The number of hydrogen-bond donors (Lipinski definition) is 3. The van der Waals surface area contributed by atoms with Crippen molar-refractivity contribution in [2.45, 2.75) is 0 Å². The summed E-state index contributed by atoms with van der Waals surface area (Å²) in [6.45, 7) is 0. The van der Waals surface area contributed by atoms with Crippen molar-refractivity contribution in [2.75, 3.05) is 5.43 Å². The monoisotopic (exact) mass is 350 g/mol. The molecule has 0 bridgehead atoms. The summed E-state index contributed by atoms with van der Waals surface area (Å²) in [5.74, 6) is -0.909. The molecule has 3 rings (SSSR count). The molecule has 9 heteroatoms. The number of rotatable bonds is 3. The number of halogens is 2. The third-order valence-electron chi connectivity index (χ3n) is 2.69. The summed E-state index contributed by atoms with van der Waals surface area (Å²) in [6.07, 6.45) is 2.76. The standard InChI is InChI=1S/C12H8BrFN6O/c13-6-1-2-8(14)7(3-6)12(21)20-19-11-9-10(16-4-15-9)17-5-18-11/h1-5H,(H,20,21)(H2,15,16,17,18,19). The molecule has 3 aromatic rings. The van der Waals surface area contributed by atoms with Crippen molar-refractivity contribution in [3.05, 3.63) is 46.7 Å². The first kappa shape index (κ1) is 13.4. The number of aromatic amines is 1. The van der Waals surface area contributed by atoms with E-state index in [0.717, 1.165) is 0 Å². The number of imidazole rings is 1. The number of benzene rings is 1. The lowest BCUT2D eigenvalue weighted by Crippen LogP contribution is -2.30. The Morgan fingerprint density at radius 1 is 1.29 bits per heavy atom. The minimum atomic E-state index is -0.625. The Bertz CT molecular complexity index is 820. The summed E-state index contributed by atoms with van der Waals surface area (Å²) in [4.78, 5) is 26.7. The highest BCUT2D eigenvalue weighted by Gasteiger charge is 2.13. The number of nitrogens with one attached hydrogen (secondary N) is 3. The molecule has 0 aliphatic heterocycles. The Labute approximate surface area is 126 Å². The number of H-pyrrole nitrogens is 1. The van der Waals surface area contributed by atoms with Gasteiger partial charge >= 0.3 is 0 Å². The molecular weight excluding hydrogens is 343 g/mol. The highest BCUT2D eigenvalue weighted by Crippen LogP contribution is 2.16. The van der Waals surface area contributed by atoms with Gasteiger partial charge in [-0.25, -0.2) is 19.3 Å². The van der Waals surface area contributed by atoms with Gasteiger partial charge in [-0.15, -0.1) is 0 Å². The fourth-order valence-electron chi connectivity index (χ4n) is 1.71. The summed E-state index contributed by atoms with van der Waals surface area (Å²) in [5.41, 5.74) is 5.89. The number of nitrogens with zero attached hydrogens (tertiary/aromatic N) is 3. The van der Waals surface area contributed by atoms with Crippen LogP contribution in [0.1, 0.15) is 10.4 Å². The SMILES string of the molecule is O=C(NNc1ncnc2nc[nH]c12)c1cc(Br)ccc1F. The number of amides is 1. The van der Waals surface area contributed by atoms with Crippen LogP contribution in [0.25, 0.3) is 11.2 Å². The molecule has 0 aliphatic carbocycles. The van der Waals surface area contributed by atoms with Crippen molar-refractivity contribution in [2.24, 2.45) is 0 Å². The molecule has 7 nitrogen and oxygen atoms in total. The second-order valence-electron chi connectivity index (χ2n) is 4.03. The highest BCUT2D eigenvalue weighted by atomic mass is 79.9. The van der Waals surface area contributed by atoms with E-state index in [9.17, 15) is 9.18 Å². The normalized spacial score (nSPS) is 10.6. The average molecular weight is 351 g/mol. The predicted molar refractivity (Wildman–Crippen MR) is 76.9 cm³/mol. The van der Waals surface area contributed by atoms with Crippen LogP contribution in [0.5, 0.6) is 0 Å². The van der Waals surface area contributed by atoms with E-state index in [1.54, 1.807) is 0 Å². The van der Waals surface area contributed by atoms with Crippen molar-refractivity contribution >= 4 is 38.8 Å². The maximum Gasteiger partial charge on any atom is 0.272 e. The van der Waals surface area contributed by atoms with Crippen LogP contribution in [0.2, 0.25) is 0 Å². The zero-order valence-electron chi connectivity index (χ0n) is 10.4. The van der Waals surface area contributed by atoms with Crippen LogP contribution in [-0.4, -0.2) is 25.8 Å². The molecule has 106 valence electrons. The Balaban J connectivity index is 1.80. The van der Waals surface area contributed by atoms with Crippen LogP contribution in [0.4, 0.5) is 10.2 Å². The van der Waals surface area contributed by atoms with Crippen molar-refractivity contribution in [1.82, 2.24) is 25.4 Å².